The Hall–Kier alpha value is -3.16. The number of nitrogens with zero attached hydrogens (tertiary/aromatic N) is 4. The highest BCUT2D eigenvalue weighted by Gasteiger charge is 2.18. The highest BCUT2D eigenvalue weighted by Crippen LogP contribution is 2.30. The minimum absolute atomic E-state index is 0.0955. The number of nitrogens with one attached hydrogen (secondary N) is 1. The maximum atomic E-state index is 12.7. The summed E-state index contributed by atoms with van der Waals surface area (Å²) in [6.07, 6.45) is 2.91. The molecule has 4 rings (SSSR count). The molecule has 0 saturated carbocycles. The number of phenolic OH excluding ortho intramolecular Hbond substituents is 1. The molecule has 1 aliphatic rings. The number of phenols is 1. The molecule has 0 bridgehead atoms. The maximum absolute atomic E-state index is 12.7. The molecule has 1 fully saturated rings. The number of carbonyl (C=O) groups is 1. The minimum atomic E-state index is -0.399. The molecule has 3 aromatic rings. The summed E-state index contributed by atoms with van der Waals surface area (Å²) in [7, 11) is 2.11. The number of benzene rings is 2. The van der Waals surface area contributed by atoms with E-state index in [-0.39, 0.29) is 11.4 Å². The predicted octanol–water partition coefficient (Wildman–Crippen LogP) is 3.82. The van der Waals surface area contributed by atoms with Crippen LogP contribution < -0.4 is 10.2 Å². The van der Waals surface area contributed by atoms with Crippen molar-refractivity contribution in [2.45, 2.75) is 6.92 Å². The van der Waals surface area contributed by atoms with Crippen LogP contribution in [0.4, 0.5) is 11.4 Å². The van der Waals surface area contributed by atoms with Crippen molar-refractivity contribution in [3.63, 3.8) is 0 Å². The molecule has 2 N–H and O–H groups in total. The molecule has 0 spiro atoms. The largest absolute Gasteiger partial charge is 0.507 e. The zero-order valence-corrected chi connectivity index (χ0v) is 18.2. The van der Waals surface area contributed by atoms with Gasteiger partial charge in [-0.15, -0.1) is 0 Å². The molecule has 1 aliphatic heterocycles. The summed E-state index contributed by atoms with van der Waals surface area (Å²) in [5, 5.41) is 13.6. The van der Waals surface area contributed by atoms with E-state index in [1.807, 2.05) is 25.1 Å². The Morgan fingerprint density at radius 3 is 2.58 bits per heavy atom. The minimum Gasteiger partial charge on any atom is -0.507 e. The molecule has 1 amide bonds. The van der Waals surface area contributed by atoms with Crippen molar-refractivity contribution in [2.75, 3.05) is 43.4 Å². The topological polar surface area (TPSA) is 81.6 Å². The number of hydrogen-bond acceptors (Lipinski definition) is 6. The average Bonchev–Trinajstić information content (AvgIpc) is 2.75. The van der Waals surface area contributed by atoms with Gasteiger partial charge in [-0.1, -0.05) is 17.7 Å². The number of halogens is 1. The fraction of sp³-hybridized carbons (Fsp3) is 0.261. The lowest BCUT2D eigenvalue weighted by molar-refractivity contribution is 0.102. The number of hydrogen-bond donors (Lipinski definition) is 2. The Balaban J connectivity index is 1.50. The summed E-state index contributed by atoms with van der Waals surface area (Å²) in [4.78, 5) is 25.7. The highest BCUT2D eigenvalue weighted by molar-refractivity contribution is 6.33. The third-order valence-corrected chi connectivity index (χ3v) is 5.65. The van der Waals surface area contributed by atoms with Crippen LogP contribution in [0.15, 0.2) is 48.8 Å². The van der Waals surface area contributed by atoms with Crippen molar-refractivity contribution in [1.82, 2.24) is 14.9 Å². The number of aromatic hydroxyl groups is 1. The van der Waals surface area contributed by atoms with E-state index in [4.69, 9.17) is 11.6 Å². The Kier molecular flexibility index (Phi) is 6.06. The van der Waals surface area contributed by atoms with Gasteiger partial charge < -0.3 is 20.2 Å². The molecule has 1 saturated heterocycles. The first kappa shape index (κ1) is 21.1. The van der Waals surface area contributed by atoms with Crippen molar-refractivity contribution in [2.24, 2.45) is 0 Å². The predicted molar refractivity (Wildman–Crippen MR) is 123 cm³/mol. The van der Waals surface area contributed by atoms with Crippen LogP contribution in [-0.2, 0) is 0 Å². The van der Waals surface area contributed by atoms with E-state index in [0.717, 1.165) is 37.4 Å². The van der Waals surface area contributed by atoms with E-state index in [1.165, 1.54) is 12.4 Å². The van der Waals surface area contributed by atoms with Gasteiger partial charge in [0.1, 0.15) is 11.4 Å². The molecule has 31 heavy (non-hydrogen) atoms. The smallest absolute Gasteiger partial charge is 0.275 e. The third kappa shape index (κ3) is 4.78. The number of aromatic nitrogens is 2. The van der Waals surface area contributed by atoms with Crippen molar-refractivity contribution < 1.29 is 9.90 Å². The molecule has 7 nitrogen and oxygen atoms in total. The molecular weight excluding hydrogens is 414 g/mol. The van der Waals surface area contributed by atoms with Gasteiger partial charge in [-0.05, 0) is 49.9 Å². The summed E-state index contributed by atoms with van der Waals surface area (Å²) in [5.74, 6) is -0.303. The Morgan fingerprint density at radius 2 is 1.87 bits per heavy atom. The zero-order valence-electron chi connectivity index (χ0n) is 17.5. The van der Waals surface area contributed by atoms with E-state index in [2.05, 4.69) is 32.1 Å². The molecule has 0 atom stereocenters. The standard InChI is InChI=1S/C23H24ClN5O2/c1-15-3-5-17(22(30)11-15)19-13-25-14-20(27-19)23(31)26-16-4-6-21(18(24)12-16)29-9-7-28(2)8-10-29/h3-6,11-14,30H,7-10H2,1-2H3,(H,26,31). The second-order valence-corrected chi connectivity index (χ2v) is 8.13. The molecule has 8 heteroatoms. The van der Waals surface area contributed by atoms with Crippen LogP contribution in [0.2, 0.25) is 5.02 Å². The first-order chi connectivity index (χ1) is 14.9. The van der Waals surface area contributed by atoms with Gasteiger partial charge >= 0.3 is 0 Å². The summed E-state index contributed by atoms with van der Waals surface area (Å²) in [5.41, 5.74) is 3.57. The first-order valence-corrected chi connectivity index (χ1v) is 10.4. The van der Waals surface area contributed by atoms with Crippen LogP contribution in [-0.4, -0.2) is 59.1 Å². The van der Waals surface area contributed by atoms with Crippen molar-refractivity contribution in [1.29, 1.82) is 0 Å². The third-order valence-electron chi connectivity index (χ3n) is 5.35. The highest BCUT2D eigenvalue weighted by atomic mass is 35.5. The lowest BCUT2D eigenvalue weighted by atomic mass is 10.1. The van der Waals surface area contributed by atoms with Crippen LogP contribution >= 0.6 is 11.6 Å². The van der Waals surface area contributed by atoms with Gasteiger partial charge in [0.2, 0.25) is 0 Å². The van der Waals surface area contributed by atoms with Gasteiger partial charge in [0.25, 0.3) is 5.91 Å². The number of aryl methyl sites for hydroxylation is 1. The van der Waals surface area contributed by atoms with Crippen molar-refractivity contribution >= 4 is 28.9 Å². The molecule has 2 heterocycles. The van der Waals surface area contributed by atoms with Crippen LogP contribution in [0.25, 0.3) is 11.3 Å². The van der Waals surface area contributed by atoms with Gasteiger partial charge in [0, 0.05) is 37.4 Å². The van der Waals surface area contributed by atoms with Crippen LogP contribution in [0, 0.1) is 6.92 Å². The van der Waals surface area contributed by atoms with E-state index in [0.29, 0.717) is 22.0 Å². The summed E-state index contributed by atoms with van der Waals surface area (Å²) < 4.78 is 0. The first-order valence-electron chi connectivity index (χ1n) is 10.1. The van der Waals surface area contributed by atoms with E-state index in [9.17, 15) is 9.90 Å². The Morgan fingerprint density at radius 1 is 1.10 bits per heavy atom. The van der Waals surface area contributed by atoms with Crippen LogP contribution in [0.3, 0.4) is 0 Å². The number of likely N-dealkylation sites (N-methyl/N-ethyl adjacent to an activating group) is 1. The molecular formula is C23H24ClN5O2. The van der Waals surface area contributed by atoms with Crippen molar-refractivity contribution in [3.8, 4) is 17.0 Å². The van der Waals surface area contributed by atoms with Crippen LogP contribution in [0.1, 0.15) is 16.1 Å². The normalized spacial score (nSPS) is 14.5. The second-order valence-electron chi connectivity index (χ2n) is 7.72. The molecule has 0 radical (unpaired) electrons. The van der Waals surface area contributed by atoms with E-state index in [1.54, 1.807) is 18.2 Å². The van der Waals surface area contributed by atoms with Gasteiger partial charge in [0.15, 0.2) is 0 Å². The number of anilines is 2. The van der Waals surface area contributed by atoms with Crippen molar-refractivity contribution in [3.05, 3.63) is 65.1 Å². The van der Waals surface area contributed by atoms with Gasteiger partial charge in [-0.25, -0.2) is 4.98 Å². The lowest BCUT2D eigenvalue weighted by Gasteiger charge is -2.34. The Labute approximate surface area is 186 Å². The molecule has 160 valence electrons. The van der Waals surface area contributed by atoms with Gasteiger partial charge in [-0.2, -0.15) is 0 Å². The number of carbonyl (C=O) groups excluding carboxylic acids is 1. The molecule has 2 aromatic carbocycles. The Bertz CT molecular complexity index is 1110. The summed E-state index contributed by atoms with van der Waals surface area (Å²) in [6, 6.07) is 10.8. The number of rotatable bonds is 4. The fourth-order valence-electron chi connectivity index (χ4n) is 3.55. The van der Waals surface area contributed by atoms with Crippen LogP contribution in [0.5, 0.6) is 5.75 Å². The van der Waals surface area contributed by atoms with E-state index >= 15 is 0 Å². The molecule has 1 aromatic heterocycles. The maximum Gasteiger partial charge on any atom is 0.275 e. The van der Waals surface area contributed by atoms with Gasteiger partial charge in [0.05, 0.1) is 28.8 Å². The molecule has 0 aliphatic carbocycles. The lowest BCUT2D eigenvalue weighted by Crippen LogP contribution is -2.44. The average molecular weight is 438 g/mol. The number of piperazine rings is 1. The second kappa shape index (κ2) is 8.91. The number of amides is 1. The monoisotopic (exact) mass is 437 g/mol. The SMILES string of the molecule is Cc1ccc(-c2cncc(C(=O)Nc3ccc(N4CCN(C)CC4)c(Cl)c3)n2)c(O)c1. The molecule has 0 unspecified atom stereocenters. The quantitative estimate of drug-likeness (QED) is 0.645. The summed E-state index contributed by atoms with van der Waals surface area (Å²) >= 11 is 6.50. The zero-order chi connectivity index (χ0) is 22.0. The fourth-order valence-corrected chi connectivity index (χ4v) is 3.85. The van der Waals surface area contributed by atoms with E-state index < -0.39 is 5.91 Å². The summed E-state index contributed by atoms with van der Waals surface area (Å²) in [6.45, 7) is 5.69. The van der Waals surface area contributed by atoms with Gasteiger partial charge in [-0.3, -0.25) is 9.78 Å².